The summed E-state index contributed by atoms with van der Waals surface area (Å²) < 4.78 is 0. The molecule has 0 radical (unpaired) electrons. The van der Waals surface area contributed by atoms with Gasteiger partial charge in [-0.3, -0.25) is 0 Å². The third-order valence-electron chi connectivity index (χ3n) is 7.46. The second-order valence-electron chi connectivity index (χ2n) is 9.81. The van der Waals surface area contributed by atoms with Crippen LogP contribution in [0.5, 0.6) is 0 Å². The maximum atomic E-state index is 4.39. The van der Waals surface area contributed by atoms with Crippen LogP contribution in [0.15, 0.2) is 109 Å². The molecule has 0 fully saturated rings. The Bertz CT molecular complexity index is 1230. The summed E-state index contributed by atoms with van der Waals surface area (Å²) >= 11 is 0. The monoisotopic (exact) mass is 472 g/mol. The zero-order valence-corrected chi connectivity index (χ0v) is 22.3. The molecule has 0 aliphatic heterocycles. The van der Waals surface area contributed by atoms with Crippen LogP contribution >= 0.6 is 0 Å². The number of benzene rings is 3. The predicted octanol–water partition coefficient (Wildman–Crippen LogP) is 9.92. The number of allylic oxidation sites excluding steroid dienone is 6. The zero-order valence-electron chi connectivity index (χ0n) is 22.3. The van der Waals surface area contributed by atoms with Crippen LogP contribution in [-0.2, 0) is 19.3 Å². The molecule has 0 saturated carbocycles. The molecule has 184 valence electrons. The number of hydrogen-bond acceptors (Lipinski definition) is 0. The van der Waals surface area contributed by atoms with Crippen molar-refractivity contribution in [1.82, 2.24) is 0 Å². The lowest BCUT2D eigenvalue weighted by Crippen LogP contribution is -2.06. The fourth-order valence-corrected chi connectivity index (χ4v) is 5.52. The van der Waals surface area contributed by atoms with Crippen LogP contribution in [0.4, 0.5) is 0 Å². The lowest BCUT2D eigenvalue weighted by Gasteiger charge is -2.23. The molecule has 0 bridgehead atoms. The van der Waals surface area contributed by atoms with Gasteiger partial charge in [0, 0.05) is 5.92 Å². The molecular weight excluding hydrogens is 432 g/mol. The molecule has 3 aromatic carbocycles. The minimum absolute atomic E-state index is 0.320. The van der Waals surface area contributed by atoms with Crippen molar-refractivity contribution in [1.29, 1.82) is 0 Å². The standard InChI is InChI=1S/C36H40/c1-5-29-25-33(26-30(6-2)34(29)7-3)35-24-23-32(36(35)31-19-12-9-13-20-31)22-21-27(4)15-14-18-28-16-10-8-11-17-28/h8-14,16-20,23-26,36H,4-7,15,21-22H2,1-3H3. The Morgan fingerprint density at radius 2 is 1.44 bits per heavy atom. The summed E-state index contributed by atoms with van der Waals surface area (Å²) in [7, 11) is 0. The van der Waals surface area contributed by atoms with E-state index in [2.05, 4.69) is 124 Å². The van der Waals surface area contributed by atoms with E-state index >= 15 is 0 Å². The molecule has 3 aromatic rings. The van der Waals surface area contributed by atoms with Gasteiger partial charge in [-0.1, -0.05) is 136 Å². The van der Waals surface area contributed by atoms with Gasteiger partial charge in [0.1, 0.15) is 0 Å². The Morgan fingerprint density at radius 3 is 2.06 bits per heavy atom. The number of hydrogen-bond donors (Lipinski definition) is 0. The molecule has 1 atom stereocenters. The van der Waals surface area contributed by atoms with Crippen LogP contribution in [0.3, 0.4) is 0 Å². The fraction of sp³-hybridized carbons (Fsp3) is 0.278. The van der Waals surface area contributed by atoms with Crippen molar-refractivity contribution >= 4 is 11.6 Å². The Labute approximate surface area is 218 Å². The van der Waals surface area contributed by atoms with Crippen LogP contribution in [0.25, 0.3) is 11.6 Å². The fourth-order valence-electron chi connectivity index (χ4n) is 5.52. The van der Waals surface area contributed by atoms with Crippen molar-refractivity contribution in [3.05, 3.63) is 142 Å². The van der Waals surface area contributed by atoms with Gasteiger partial charge in [-0.05, 0) is 77.5 Å². The van der Waals surface area contributed by atoms with E-state index in [1.807, 2.05) is 0 Å². The Kier molecular flexibility index (Phi) is 8.95. The molecule has 1 aliphatic carbocycles. The van der Waals surface area contributed by atoms with Crippen molar-refractivity contribution in [2.45, 2.75) is 65.2 Å². The maximum absolute atomic E-state index is 4.39. The minimum Gasteiger partial charge on any atom is -0.0995 e. The van der Waals surface area contributed by atoms with Crippen molar-refractivity contribution < 1.29 is 0 Å². The van der Waals surface area contributed by atoms with E-state index in [0.29, 0.717) is 5.92 Å². The van der Waals surface area contributed by atoms with E-state index in [1.54, 1.807) is 5.56 Å². The smallest absolute Gasteiger partial charge is 0.0308 e. The van der Waals surface area contributed by atoms with Crippen LogP contribution in [0.1, 0.15) is 79.3 Å². The third-order valence-corrected chi connectivity index (χ3v) is 7.46. The topological polar surface area (TPSA) is 0 Å². The van der Waals surface area contributed by atoms with Gasteiger partial charge in [0.05, 0.1) is 0 Å². The highest BCUT2D eigenvalue weighted by Gasteiger charge is 2.26. The SMILES string of the molecule is C=C(CC=Cc1ccccc1)CCC1=CC=C(c2cc(CC)c(CC)c(CC)c2)C1c1ccccc1. The van der Waals surface area contributed by atoms with Gasteiger partial charge in [-0.15, -0.1) is 0 Å². The molecule has 0 N–H and O–H groups in total. The molecule has 1 aliphatic rings. The Hall–Kier alpha value is -3.38. The van der Waals surface area contributed by atoms with Crippen LogP contribution in [0, 0.1) is 0 Å². The number of rotatable bonds is 11. The quantitative estimate of drug-likeness (QED) is 0.244. The second-order valence-corrected chi connectivity index (χ2v) is 9.81. The van der Waals surface area contributed by atoms with Gasteiger partial charge in [-0.25, -0.2) is 0 Å². The van der Waals surface area contributed by atoms with Crippen molar-refractivity contribution in [3.8, 4) is 0 Å². The third kappa shape index (κ3) is 6.05. The molecule has 0 spiro atoms. The van der Waals surface area contributed by atoms with Crippen LogP contribution in [0.2, 0.25) is 0 Å². The van der Waals surface area contributed by atoms with Gasteiger partial charge in [-0.2, -0.15) is 0 Å². The summed E-state index contributed by atoms with van der Waals surface area (Å²) in [5, 5.41) is 0. The van der Waals surface area contributed by atoms with Gasteiger partial charge < -0.3 is 0 Å². The highest BCUT2D eigenvalue weighted by molar-refractivity contribution is 5.80. The molecule has 0 nitrogen and oxygen atoms in total. The lowest BCUT2D eigenvalue weighted by molar-refractivity contribution is 0.845. The van der Waals surface area contributed by atoms with Crippen molar-refractivity contribution in [2.75, 3.05) is 0 Å². The molecule has 0 saturated heterocycles. The first-order chi connectivity index (χ1) is 17.6. The minimum atomic E-state index is 0.320. The molecule has 0 heterocycles. The molecular formula is C36H40. The van der Waals surface area contributed by atoms with Gasteiger partial charge in [0.25, 0.3) is 0 Å². The maximum Gasteiger partial charge on any atom is 0.0308 e. The molecule has 0 heteroatoms. The van der Waals surface area contributed by atoms with E-state index in [0.717, 1.165) is 38.5 Å². The Morgan fingerprint density at radius 1 is 0.806 bits per heavy atom. The highest BCUT2D eigenvalue weighted by Crippen LogP contribution is 2.45. The van der Waals surface area contributed by atoms with E-state index in [1.165, 1.54) is 44.5 Å². The number of aryl methyl sites for hydroxylation is 2. The molecule has 1 unspecified atom stereocenters. The van der Waals surface area contributed by atoms with E-state index in [4.69, 9.17) is 0 Å². The summed E-state index contributed by atoms with van der Waals surface area (Å²) in [5.41, 5.74) is 12.8. The Balaban J connectivity index is 1.52. The van der Waals surface area contributed by atoms with Crippen molar-refractivity contribution in [3.63, 3.8) is 0 Å². The summed E-state index contributed by atoms with van der Waals surface area (Å²) in [4.78, 5) is 0. The van der Waals surface area contributed by atoms with Gasteiger partial charge >= 0.3 is 0 Å². The molecule has 36 heavy (non-hydrogen) atoms. The largest absolute Gasteiger partial charge is 0.0995 e. The predicted molar refractivity (Wildman–Crippen MR) is 158 cm³/mol. The summed E-state index contributed by atoms with van der Waals surface area (Å²) in [6.45, 7) is 11.3. The van der Waals surface area contributed by atoms with Crippen LogP contribution in [-0.4, -0.2) is 0 Å². The summed E-state index contributed by atoms with van der Waals surface area (Å²) in [6, 6.07) is 26.5. The molecule has 0 amide bonds. The average molecular weight is 473 g/mol. The first-order valence-electron chi connectivity index (χ1n) is 13.6. The molecule has 4 rings (SSSR count). The lowest BCUT2D eigenvalue weighted by atomic mass is 9.81. The first kappa shape index (κ1) is 25.7. The first-order valence-corrected chi connectivity index (χ1v) is 13.6. The molecule has 0 aromatic heterocycles. The highest BCUT2D eigenvalue weighted by atomic mass is 14.3. The van der Waals surface area contributed by atoms with Crippen molar-refractivity contribution in [2.24, 2.45) is 0 Å². The summed E-state index contributed by atoms with van der Waals surface area (Å²) in [6.07, 6.45) is 15.5. The zero-order chi connectivity index (χ0) is 25.3. The van der Waals surface area contributed by atoms with E-state index in [9.17, 15) is 0 Å². The van der Waals surface area contributed by atoms with E-state index in [-0.39, 0.29) is 0 Å². The summed E-state index contributed by atoms with van der Waals surface area (Å²) in [5.74, 6) is 0.320. The van der Waals surface area contributed by atoms with Gasteiger partial charge in [0.2, 0.25) is 0 Å². The second kappa shape index (κ2) is 12.5. The van der Waals surface area contributed by atoms with Crippen LogP contribution < -0.4 is 0 Å². The normalized spacial score (nSPS) is 15.2. The van der Waals surface area contributed by atoms with E-state index < -0.39 is 0 Å². The van der Waals surface area contributed by atoms with Gasteiger partial charge in [0.15, 0.2) is 0 Å². The average Bonchev–Trinajstić information content (AvgIpc) is 3.36.